The van der Waals surface area contributed by atoms with E-state index >= 15 is 0 Å². The number of imide groups is 1. The standard InChI is InChI=1S/C21H31N3O5/c1-19(2)8-14-9-20(3,12-19)13-24(14)15(25)11-29-16(26)10-23-17(27)21(22-18(23)28)6-4-5-7-21/h14H,4-13H2,1-3H3,(H,22,28)/t14-,20-/m1/s1. The molecule has 8 nitrogen and oxygen atoms in total. The molecular formula is C21H31N3O5. The molecule has 2 heterocycles. The first-order valence-corrected chi connectivity index (χ1v) is 10.6. The van der Waals surface area contributed by atoms with E-state index in [1.165, 1.54) is 0 Å². The molecule has 4 rings (SSSR count). The van der Waals surface area contributed by atoms with Crippen LogP contribution in [-0.2, 0) is 19.1 Å². The van der Waals surface area contributed by atoms with E-state index in [2.05, 4.69) is 26.1 Å². The molecule has 0 aromatic heterocycles. The third-order valence-electron chi connectivity index (χ3n) is 7.08. The minimum absolute atomic E-state index is 0.113. The van der Waals surface area contributed by atoms with E-state index in [9.17, 15) is 19.2 Å². The minimum atomic E-state index is -0.845. The van der Waals surface area contributed by atoms with Crippen LogP contribution in [0.5, 0.6) is 0 Å². The van der Waals surface area contributed by atoms with Gasteiger partial charge in [-0.05, 0) is 42.9 Å². The van der Waals surface area contributed by atoms with Crippen molar-refractivity contribution in [2.45, 2.75) is 77.3 Å². The van der Waals surface area contributed by atoms with Gasteiger partial charge in [-0.3, -0.25) is 19.3 Å². The first-order chi connectivity index (χ1) is 13.5. The summed E-state index contributed by atoms with van der Waals surface area (Å²) in [6, 6.07) is -0.369. The second-order valence-corrected chi connectivity index (χ2v) is 10.5. The van der Waals surface area contributed by atoms with Crippen LogP contribution in [0.15, 0.2) is 0 Å². The quantitative estimate of drug-likeness (QED) is 0.569. The Bertz CT molecular complexity index is 757. The number of fused-ring (bicyclic) bond motifs is 2. The lowest BCUT2D eigenvalue weighted by Crippen LogP contribution is -2.44. The van der Waals surface area contributed by atoms with Crippen LogP contribution in [0.3, 0.4) is 0 Å². The first kappa shape index (κ1) is 20.2. The van der Waals surface area contributed by atoms with Crippen molar-refractivity contribution >= 4 is 23.8 Å². The molecule has 0 radical (unpaired) electrons. The van der Waals surface area contributed by atoms with Crippen molar-refractivity contribution in [1.82, 2.24) is 15.1 Å². The average molecular weight is 405 g/mol. The van der Waals surface area contributed by atoms with Crippen molar-refractivity contribution in [3.63, 3.8) is 0 Å². The fourth-order valence-electron chi connectivity index (χ4n) is 6.29. The van der Waals surface area contributed by atoms with Gasteiger partial charge < -0.3 is 15.0 Å². The van der Waals surface area contributed by atoms with Crippen LogP contribution in [0.25, 0.3) is 0 Å². The van der Waals surface area contributed by atoms with Gasteiger partial charge in [-0.25, -0.2) is 4.79 Å². The highest BCUT2D eigenvalue weighted by molar-refractivity contribution is 6.08. The normalized spacial score (nSPS) is 32.0. The molecule has 8 heteroatoms. The summed E-state index contributed by atoms with van der Waals surface area (Å²) in [5.74, 6) is -1.29. The Kier molecular flexibility index (Phi) is 4.66. The number of esters is 1. The summed E-state index contributed by atoms with van der Waals surface area (Å²) in [6.07, 6.45) is 5.98. The number of urea groups is 1. The number of rotatable bonds is 4. The van der Waals surface area contributed by atoms with E-state index in [1.807, 2.05) is 4.90 Å². The molecule has 0 unspecified atom stereocenters. The number of carbonyl (C=O) groups excluding carboxylic acids is 4. The van der Waals surface area contributed by atoms with Crippen LogP contribution in [0, 0.1) is 10.8 Å². The molecule has 4 amide bonds. The van der Waals surface area contributed by atoms with Crippen LogP contribution < -0.4 is 5.32 Å². The topological polar surface area (TPSA) is 96.0 Å². The average Bonchev–Trinajstić information content (AvgIpc) is 3.24. The van der Waals surface area contributed by atoms with Gasteiger partial charge in [-0.1, -0.05) is 33.6 Å². The number of carbonyl (C=O) groups is 4. The predicted molar refractivity (Wildman–Crippen MR) is 104 cm³/mol. The highest BCUT2D eigenvalue weighted by atomic mass is 16.5. The lowest BCUT2D eigenvalue weighted by atomic mass is 9.65. The predicted octanol–water partition coefficient (Wildman–Crippen LogP) is 1.82. The fraction of sp³-hybridized carbons (Fsp3) is 0.810. The number of likely N-dealkylation sites (tertiary alicyclic amines) is 1. The number of ether oxygens (including phenoxy) is 1. The molecule has 4 fully saturated rings. The molecule has 2 saturated carbocycles. The Hall–Kier alpha value is -2.12. The molecule has 2 atom stereocenters. The van der Waals surface area contributed by atoms with E-state index in [1.54, 1.807) is 0 Å². The zero-order valence-electron chi connectivity index (χ0n) is 17.6. The minimum Gasteiger partial charge on any atom is -0.454 e. The summed E-state index contributed by atoms with van der Waals surface area (Å²) in [4.78, 5) is 52.5. The van der Waals surface area contributed by atoms with E-state index in [0.717, 1.165) is 37.0 Å². The van der Waals surface area contributed by atoms with Crippen LogP contribution in [0.2, 0.25) is 0 Å². The Balaban J connectivity index is 1.31. The highest BCUT2D eigenvalue weighted by Crippen LogP contribution is 2.52. The lowest BCUT2D eigenvalue weighted by Gasteiger charge is -2.39. The number of hydrogen-bond donors (Lipinski definition) is 1. The maximum absolute atomic E-state index is 12.7. The molecule has 1 spiro atoms. The smallest absolute Gasteiger partial charge is 0.326 e. The molecule has 1 N–H and O–H groups in total. The van der Waals surface area contributed by atoms with Crippen LogP contribution >= 0.6 is 0 Å². The van der Waals surface area contributed by atoms with Gasteiger partial charge >= 0.3 is 12.0 Å². The first-order valence-electron chi connectivity index (χ1n) is 10.6. The summed E-state index contributed by atoms with van der Waals surface area (Å²) in [5, 5.41) is 2.74. The molecule has 4 aliphatic rings. The van der Waals surface area contributed by atoms with E-state index in [0.29, 0.717) is 19.4 Å². The van der Waals surface area contributed by atoms with Crippen molar-refractivity contribution in [3.05, 3.63) is 0 Å². The molecule has 2 saturated heterocycles. The van der Waals surface area contributed by atoms with Gasteiger partial charge in [0.2, 0.25) is 0 Å². The van der Waals surface area contributed by atoms with E-state index < -0.39 is 24.1 Å². The van der Waals surface area contributed by atoms with Gasteiger partial charge in [-0.2, -0.15) is 0 Å². The van der Waals surface area contributed by atoms with E-state index in [-0.39, 0.29) is 35.3 Å². The molecule has 2 bridgehead atoms. The monoisotopic (exact) mass is 405 g/mol. The number of amides is 4. The zero-order valence-corrected chi connectivity index (χ0v) is 17.6. The molecule has 2 aliphatic heterocycles. The maximum atomic E-state index is 12.7. The number of hydrogen-bond acceptors (Lipinski definition) is 5. The third kappa shape index (κ3) is 3.62. The Morgan fingerprint density at radius 1 is 1.14 bits per heavy atom. The van der Waals surface area contributed by atoms with Crippen molar-refractivity contribution in [3.8, 4) is 0 Å². The Morgan fingerprint density at radius 3 is 2.52 bits per heavy atom. The van der Waals surface area contributed by atoms with Crippen LogP contribution in [0.1, 0.15) is 65.7 Å². The second kappa shape index (κ2) is 6.71. The van der Waals surface area contributed by atoms with Gasteiger partial charge in [0.25, 0.3) is 11.8 Å². The summed E-state index contributed by atoms with van der Waals surface area (Å²) in [5.41, 5.74) is -0.534. The fourth-order valence-corrected chi connectivity index (χ4v) is 6.29. The van der Waals surface area contributed by atoms with Gasteiger partial charge in [0, 0.05) is 12.6 Å². The molecule has 0 aromatic carbocycles. The molecular weight excluding hydrogens is 374 g/mol. The molecule has 2 aliphatic carbocycles. The van der Waals surface area contributed by atoms with Crippen molar-refractivity contribution in [1.29, 1.82) is 0 Å². The number of nitrogens with one attached hydrogen (secondary N) is 1. The van der Waals surface area contributed by atoms with Gasteiger partial charge in [0.05, 0.1) is 0 Å². The Labute approximate surface area is 171 Å². The Morgan fingerprint density at radius 2 is 1.83 bits per heavy atom. The van der Waals surface area contributed by atoms with Crippen molar-refractivity contribution in [2.75, 3.05) is 19.7 Å². The van der Waals surface area contributed by atoms with Gasteiger partial charge in [0.15, 0.2) is 6.61 Å². The van der Waals surface area contributed by atoms with Gasteiger partial charge in [0.1, 0.15) is 12.1 Å². The summed E-state index contributed by atoms with van der Waals surface area (Å²) >= 11 is 0. The summed E-state index contributed by atoms with van der Waals surface area (Å²) in [6.45, 7) is 6.58. The second-order valence-electron chi connectivity index (χ2n) is 10.5. The van der Waals surface area contributed by atoms with Crippen LogP contribution in [0.4, 0.5) is 4.79 Å². The maximum Gasteiger partial charge on any atom is 0.326 e. The van der Waals surface area contributed by atoms with Crippen molar-refractivity contribution in [2.24, 2.45) is 10.8 Å². The zero-order chi connectivity index (χ0) is 21.0. The third-order valence-corrected chi connectivity index (χ3v) is 7.08. The van der Waals surface area contributed by atoms with Gasteiger partial charge in [-0.15, -0.1) is 0 Å². The summed E-state index contributed by atoms with van der Waals surface area (Å²) in [7, 11) is 0. The summed E-state index contributed by atoms with van der Waals surface area (Å²) < 4.78 is 5.16. The van der Waals surface area contributed by atoms with E-state index in [4.69, 9.17) is 4.74 Å². The van der Waals surface area contributed by atoms with Crippen LogP contribution in [-0.4, -0.2) is 64.9 Å². The van der Waals surface area contributed by atoms with Crippen molar-refractivity contribution < 1.29 is 23.9 Å². The highest BCUT2D eigenvalue weighted by Gasteiger charge is 2.53. The largest absolute Gasteiger partial charge is 0.454 e. The molecule has 29 heavy (non-hydrogen) atoms. The lowest BCUT2D eigenvalue weighted by molar-refractivity contribution is -0.154. The molecule has 160 valence electrons. The number of nitrogens with zero attached hydrogens (tertiary/aromatic N) is 2. The SMILES string of the molecule is CC1(C)C[C@@H]2C[C@@](C)(CN2C(=O)COC(=O)CN2C(=O)NC3(CCCC3)C2=O)C1. The molecule has 0 aromatic rings.